The number of fused-ring (bicyclic) bond motifs is 2. The molecule has 196 valence electrons. The molecule has 1 atom stereocenters. The summed E-state index contributed by atoms with van der Waals surface area (Å²) in [6, 6.07) is 14.5. The topological polar surface area (TPSA) is 116 Å². The minimum Gasteiger partial charge on any atom is -0.491 e. The minimum absolute atomic E-state index is 0.166. The van der Waals surface area contributed by atoms with Crippen molar-refractivity contribution in [2.45, 2.75) is 31.7 Å². The molecule has 3 heterocycles. The van der Waals surface area contributed by atoms with E-state index in [1.165, 1.54) is 24.0 Å². The van der Waals surface area contributed by atoms with Gasteiger partial charge in [-0.3, -0.25) is 15.1 Å². The van der Waals surface area contributed by atoms with E-state index < -0.39 is 0 Å². The number of hydrogen-bond donors (Lipinski definition) is 4. The van der Waals surface area contributed by atoms with Crippen LogP contribution in [0, 0.1) is 5.41 Å². The molecule has 2 aromatic carbocycles. The van der Waals surface area contributed by atoms with E-state index in [1.54, 1.807) is 24.4 Å². The number of aromatic nitrogens is 1. The highest BCUT2D eigenvalue weighted by Crippen LogP contribution is 2.31. The van der Waals surface area contributed by atoms with Crippen LogP contribution in [-0.2, 0) is 12.8 Å². The summed E-state index contributed by atoms with van der Waals surface area (Å²) < 4.78 is 5.75. The van der Waals surface area contributed by atoms with Crippen molar-refractivity contribution in [2.75, 3.05) is 45.1 Å². The Labute approximate surface area is 223 Å². The van der Waals surface area contributed by atoms with Crippen LogP contribution < -0.4 is 21.1 Å². The van der Waals surface area contributed by atoms with Crippen LogP contribution in [0.2, 0.25) is 0 Å². The fourth-order valence-electron chi connectivity index (χ4n) is 5.88. The van der Waals surface area contributed by atoms with Crippen molar-refractivity contribution in [3.63, 3.8) is 0 Å². The van der Waals surface area contributed by atoms with Crippen LogP contribution in [-0.4, -0.2) is 66.9 Å². The molecule has 1 aliphatic carbocycles. The minimum atomic E-state index is -0.166. The molecule has 1 saturated heterocycles. The molecule has 0 saturated carbocycles. The van der Waals surface area contributed by atoms with Gasteiger partial charge in [0.25, 0.3) is 5.91 Å². The van der Waals surface area contributed by atoms with E-state index in [0.717, 1.165) is 50.1 Å². The van der Waals surface area contributed by atoms with Crippen LogP contribution in [0.25, 0.3) is 11.1 Å². The van der Waals surface area contributed by atoms with Gasteiger partial charge in [0, 0.05) is 55.1 Å². The Kier molecular flexibility index (Phi) is 6.82. The van der Waals surface area contributed by atoms with Gasteiger partial charge >= 0.3 is 0 Å². The summed E-state index contributed by atoms with van der Waals surface area (Å²) in [4.78, 5) is 19.4. The molecule has 3 aromatic rings. The fourth-order valence-corrected chi connectivity index (χ4v) is 5.88. The van der Waals surface area contributed by atoms with Gasteiger partial charge in [-0.2, -0.15) is 0 Å². The maximum atomic E-state index is 12.3. The zero-order valence-corrected chi connectivity index (χ0v) is 21.6. The molecule has 1 fully saturated rings. The molecule has 6 rings (SSSR count). The number of aryl methyl sites for hydroxylation is 2. The number of hydrogen-bond acceptors (Lipinski definition) is 7. The third-order valence-corrected chi connectivity index (χ3v) is 8.05. The molecule has 3 aliphatic rings. The summed E-state index contributed by atoms with van der Waals surface area (Å²) in [5.74, 6) is 0.622. The first-order valence-electron chi connectivity index (χ1n) is 13.5. The lowest BCUT2D eigenvalue weighted by Crippen LogP contribution is -2.48. The predicted molar refractivity (Wildman–Crippen MR) is 149 cm³/mol. The van der Waals surface area contributed by atoms with E-state index in [4.69, 9.17) is 15.9 Å². The van der Waals surface area contributed by atoms with E-state index in [9.17, 15) is 4.79 Å². The molecule has 5 N–H and O–H groups in total. The summed E-state index contributed by atoms with van der Waals surface area (Å²) in [5, 5.41) is 15.2. The number of piperazine rings is 1. The number of amides is 1. The molecule has 8 nitrogen and oxygen atoms in total. The van der Waals surface area contributed by atoms with Gasteiger partial charge < -0.3 is 21.1 Å². The lowest BCUT2D eigenvalue weighted by atomic mass is 9.95. The predicted octanol–water partition coefficient (Wildman–Crippen LogP) is 3.02. The van der Waals surface area contributed by atoms with Crippen molar-refractivity contribution in [3.05, 3.63) is 76.5 Å². The first-order chi connectivity index (χ1) is 18.6. The SMILES string of the molecule is N=C(c1ccc2c(c1)OCCNC2=O)c1cc(-c2ccc3c(c2)CCC(N2CCNCC2)CC3)cnc1N. The normalized spacial score (nSPS) is 19.8. The van der Waals surface area contributed by atoms with Gasteiger partial charge in [0.15, 0.2) is 0 Å². The second-order valence-corrected chi connectivity index (χ2v) is 10.3. The number of nitrogens with one attached hydrogen (secondary N) is 3. The number of ether oxygens (including phenoxy) is 1. The van der Waals surface area contributed by atoms with E-state index in [2.05, 4.69) is 38.7 Å². The molecule has 1 aromatic heterocycles. The average Bonchev–Trinajstić information content (AvgIpc) is 3.28. The van der Waals surface area contributed by atoms with Crippen LogP contribution in [0.15, 0.2) is 48.7 Å². The quantitative estimate of drug-likeness (QED) is 0.317. The van der Waals surface area contributed by atoms with Crippen molar-refractivity contribution in [3.8, 4) is 16.9 Å². The van der Waals surface area contributed by atoms with E-state index in [-0.39, 0.29) is 11.6 Å². The molecule has 0 radical (unpaired) electrons. The standard InChI is InChI=1S/C30H34N6O2/c31-28(22-5-8-25-27(17-22)38-14-11-34-30(25)37)26-16-23(18-35-29(26)32)21-2-1-19-3-6-24(7-4-20(19)15-21)36-12-9-33-10-13-36/h1-2,5,8,15-18,24,31,33H,3-4,6-7,9-14H2,(H2,32,35)(H,34,37). The van der Waals surface area contributed by atoms with Gasteiger partial charge in [-0.25, -0.2) is 4.98 Å². The lowest BCUT2D eigenvalue weighted by molar-refractivity contribution is 0.0957. The highest BCUT2D eigenvalue weighted by atomic mass is 16.5. The first kappa shape index (κ1) is 24.6. The second-order valence-electron chi connectivity index (χ2n) is 10.3. The van der Waals surface area contributed by atoms with E-state index in [1.807, 2.05) is 6.07 Å². The molecule has 0 bridgehead atoms. The summed E-state index contributed by atoms with van der Waals surface area (Å²) in [5.41, 5.74) is 13.1. The van der Waals surface area contributed by atoms with Crippen LogP contribution in [0.4, 0.5) is 5.82 Å². The summed E-state index contributed by atoms with van der Waals surface area (Å²) >= 11 is 0. The average molecular weight is 511 g/mol. The summed E-state index contributed by atoms with van der Waals surface area (Å²) in [6.07, 6.45) is 6.37. The fraction of sp³-hybridized carbons (Fsp3) is 0.367. The van der Waals surface area contributed by atoms with Crippen LogP contribution in [0.5, 0.6) is 5.75 Å². The van der Waals surface area contributed by atoms with Crippen LogP contribution in [0.3, 0.4) is 0 Å². The number of nitrogens with two attached hydrogens (primary N) is 1. The monoisotopic (exact) mass is 510 g/mol. The second kappa shape index (κ2) is 10.6. The van der Waals surface area contributed by atoms with Crippen LogP contribution >= 0.6 is 0 Å². The highest BCUT2D eigenvalue weighted by molar-refractivity contribution is 6.14. The Hall–Kier alpha value is -3.75. The van der Waals surface area contributed by atoms with Gasteiger partial charge in [-0.15, -0.1) is 0 Å². The Balaban J connectivity index is 1.25. The number of rotatable bonds is 4. The Morgan fingerprint density at radius 1 is 1.00 bits per heavy atom. The maximum absolute atomic E-state index is 12.3. The molecule has 38 heavy (non-hydrogen) atoms. The largest absolute Gasteiger partial charge is 0.491 e. The van der Waals surface area contributed by atoms with Gasteiger partial charge in [-0.1, -0.05) is 24.3 Å². The maximum Gasteiger partial charge on any atom is 0.255 e. The number of pyridine rings is 1. The van der Waals surface area contributed by atoms with Crippen LogP contribution in [0.1, 0.15) is 45.5 Å². The highest BCUT2D eigenvalue weighted by Gasteiger charge is 2.24. The van der Waals surface area contributed by atoms with Gasteiger partial charge in [0.1, 0.15) is 18.2 Å². The smallest absolute Gasteiger partial charge is 0.255 e. The number of benzene rings is 2. The summed E-state index contributed by atoms with van der Waals surface area (Å²) in [7, 11) is 0. The third kappa shape index (κ3) is 4.89. The summed E-state index contributed by atoms with van der Waals surface area (Å²) in [6.45, 7) is 5.30. The third-order valence-electron chi connectivity index (χ3n) is 8.05. The van der Waals surface area contributed by atoms with Crippen molar-refractivity contribution < 1.29 is 9.53 Å². The molecular weight excluding hydrogens is 476 g/mol. The van der Waals surface area contributed by atoms with Gasteiger partial charge in [-0.05, 0) is 60.6 Å². The molecule has 0 spiro atoms. The first-order valence-corrected chi connectivity index (χ1v) is 13.5. The molecule has 1 unspecified atom stereocenters. The van der Waals surface area contributed by atoms with Crippen molar-refractivity contribution in [1.29, 1.82) is 5.41 Å². The molecule has 2 aliphatic heterocycles. The number of carbonyl (C=O) groups excluding carboxylic acids is 1. The zero-order chi connectivity index (χ0) is 26.1. The number of anilines is 1. The Morgan fingerprint density at radius 2 is 1.82 bits per heavy atom. The van der Waals surface area contributed by atoms with Crippen molar-refractivity contribution in [1.82, 2.24) is 20.5 Å². The number of nitrogen functional groups attached to an aromatic ring is 1. The number of carbonyl (C=O) groups is 1. The van der Waals surface area contributed by atoms with E-state index in [0.29, 0.717) is 47.5 Å². The van der Waals surface area contributed by atoms with Crippen molar-refractivity contribution in [2.24, 2.45) is 0 Å². The Morgan fingerprint density at radius 3 is 2.66 bits per heavy atom. The molecule has 8 heteroatoms. The van der Waals surface area contributed by atoms with E-state index >= 15 is 0 Å². The number of nitrogens with zero attached hydrogens (tertiary/aromatic N) is 2. The van der Waals surface area contributed by atoms with Crippen molar-refractivity contribution >= 4 is 17.4 Å². The zero-order valence-electron chi connectivity index (χ0n) is 21.6. The van der Waals surface area contributed by atoms with Gasteiger partial charge in [0.05, 0.1) is 17.8 Å². The lowest BCUT2D eigenvalue weighted by Gasteiger charge is -2.34. The molecule has 1 amide bonds. The molecular formula is C30H34N6O2. The Bertz CT molecular complexity index is 1380. The van der Waals surface area contributed by atoms with Gasteiger partial charge in [0.2, 0.25) is 0 Å².